The van der Waals surface area contributed by atoms with Crippen LogP contribution in [0.5, 0.6) is 11.5 Å². The van der Waals surface area contributed by atoms with Crippen LogP contribution in [0, 0.1) is 0 Å². The highest BCUT2D eigenvalue weighted by atomic mass is 16.5. The lowest BCUT2D eigenvalue weighted by Gasteiger charge is -2.16. The molecule has 0 fully saturated rings. The Bertz CT molecular complexity index is 656. The van der Waals surface area contributed by atoms with Gasteiger partial charge in [0.25, 0.3) is 0 Å². The van der Waals surface area contributed by atoms with Crippen molar-refractivity contribution < 1.29 is 14.3 Å². The summed E-state index contributed by atoms with van der Waals surface area (Å²) in [6.45, 7) is 6.31. The maximum atomic E-state index is 12.2. The highest BCUT2D eigenvalue weighted by Gasteiger charge is 2.10. The van der Waals surface area contributed by atoms with E-state index < -0.39 is 0 Å². The number of amides is 2. The van der Waals surface area contributed by atoms with Gasteiger partial charge in [0.1, 0.15) is 11.5 Å². The van der Waals surface area contributed by atoms with Crippen LogP contribution in [-0.4, -0.2) is 18.7 Å². The number of carbonyl (C=O) groups excluding carboxylic acids is 1. The molecule has 2 aromatic rings. The summed E-state index contributed by atoms with van der Waals surface area (Å²) >= 11 is 0. The van der Waals surface area contributed by atoms with Crippen molar-refractivity contribution in [2.24, 2.45) is 0 Å². The first kappa shape index (κ1) is 16.7. The van der Waals surface area contributed by atoms with Gasteiger partial charge >= 0.3 is 6.03 Å². The number of rotatable bonds is 6. The molecular weight excluding hydrogens is 292 g/mol. The maximum absolute atomic E-state index is 12.2. The number of anilines is 2. The topological polar surface area (TPSA) is 59.6 Å². The van der Waals surface area contributed by atoms with Crippen molar-refractivity contribution in [3.63, 3.8) is 0 Å². The van der Waals surface area contributed by atoms with Crippen LogP contribution in [-0.2, 0) is 0 Å². The summed E-state index contributed by atoms with van der Waals surface area (Å²) in [5.74, 6) is 1.27. The summed E-state index contributed by atoms with van der Waals surface area (Å²) in [7, 11) is 0. The third-order valence-electron chi connectivity index (χ3n) is 2.93. The van der Waals surface area contributed by atoms with Crippen molar-refractivity contribution in [2.75, 3.05) is 17.2 Å². The molecule has 0 saturated carbocycles. The predicted molar refractivity (Wildman–Crippen MR) is 92.5 cm³/mol. The fraction of sp³-hybridized carbons (Fsp3) is 0.278. The molecule has 0 bridgehead atoms. The minimum absolute atomic E-state index is 0.0275. The average molecular weight is 314 g/mol. The number of hydrogen-bond donors (Lipinski definition) is 2. The Balaban J connectivity index is 2.09. The van der Waals surface area contributed by atoms with Crippen molar-refractivity contribution >= 4 is 17.4 Å². The van der Waals surface area contributed by atoms with Gasteiger partial charge in [0.05, 0.1) is 24.1 Å². The first-order chi connectivity index (χ1) is 11.1. The summed E-state index contributed by atoms with van der Waals surface area (Å²) < 4.78 is 11.2. The molecule has 5 heteroatoms. The van der Waals surface area contributed by atoms with Crippen LogP contribution in [0.25, 0.3) is 0 Å². The van der Waals surface area contributed by atoms with Gasteiger partial charge in [-0.25, -0.2) is 4.79 Å². The number of benzene rings is 2. The molecule has 0 aliphatic heterocycles. The Morgan fingerprint density at radius 3 is 2.04 bits per heavy atom. The number of carbonyl (C=O) groups is 1. The number of urea groups is 1. The SMILES string of the molecule is CCOc1ccccc1NC(=O)Nc1ccccc1OC(C)C. The van der Waals surface area contributed by atoms with Crippen LogP contribution < -0.4 is 20.1 Å². The molecule has 0 heterocycles. The standard InChI is InChI=1S/C18H22N2O3/c1-4-22-16-11-7-5-9-14(16)19-18(21)20-15-10-6-8-12-17(15)23-13(2)3/h5-13H,4H2,1-3H3,(H2,19,20,21). The van der Waals surface area contributed by atoms with Crippen LogP contribution >= 0.6 is 0 Å². The first-order valence-corrected chi connectivity index (χ1v) is 7.65. The maximum Gasteiger partial charge on any atom is 0.323 e. The Morgan fingerprint density at radius 1 is 0.957 bits per heavy atom. The van der Waals surface area contributed by atoms with Crippen LogP contribution in [0.1, 0.15) is 20.8 Å². The first-order valence-electron chi connectivity index (χ1n) is 7.65. The van der Waals surface area contributed by atoms with E-state index in [-0.39, 0.29) is 12.1 Å². The predicted octanol–water partition coefficient (Wildman–Crippen LogP) is 4.52. The quantitative estimate of drug-likeness (QED) is 0.824. The molecule has 2 rings (SSSR count). The van der Waals surface area contributed by atoms with Crippen molar-refractivity contribution in [1.29, 1.82) is 0 Å². The van der Waals surface area contributed by atoms with Gasteiger partial charge in [0, 0.05) is 0 Å². The van der Waals surface area contributed by atoms with Crippen LogP contribution in [0.4, 0.5) is 16.2 Å². The third-order valence-corrected chi connectivity index (χ3v) is 2.93. The summed E-state index contributed by atoms with van der Waals surface area (Å²) in [4.78, 5) is 12.2. The molecule has 2 aromatic carbocycles. The van der Waals surface area contributed by atoms with E-state index in [1.165, 1.54) is 0 Å². The molecule has 23 heavy (non-hydrogen) atoms. The van der Waals surface area contributed by atoms with Crippen molar-refractivity contribution in [1.82, 2.24) is 0 Å². The van der Waals surface area contributed by atoms with E-state index >= 15 is 0 Å². The zero-order valence-corrected chi connectivity index (χ0v) is 13.6. The second-order valence-electron chi connectivity index (χ2n) is 5.17. The Morgan fingerprint density at radius 2 is 1.48 bits per heavy atom. The third kappa shape index (κ3) is 4.92. The molecule has 0 radical (unpaired) electrons. The van der Waals surface area contributed by atoms with E-state index in [1.54, 1.807) is 12.1 Å². The van der Waals surface area contributed by atoms with E-state index in [1.807, 2.05) is 57.2 Å². The van der Waals surface area contributed by atoms with Crippen molar-refractivity contribution in [2.45, 2.75) is 26.9 Å². The van der Waals surface area contributed by atoms with Crippen LogP contribution in [0.15, 0.2) is 48.5 Å². The van der Waals surface area contributed by atoms with Gasteiger partial charge < -0.3 is 20.1 Å². The van der Waals surface area contributed by atoms with Gasteiger partial charge in [-0.1, -0.05) is 24.3 Å². The van der Waals surface area contributed by atoms with E-state index in [0.29, 0.717) is 29.5 Å². The lowest BCUT2D eigenvalue weighted by Crippen LogP contribution is -2.20. The molecule has 2 amide bonds. The lowest BCUT2D eigenvalue weighted by atomic mass is 10.3. The monoisotopic (exact) mass is 314 g/mol. The number of hydrogen-bond acceptors (Lipinski definition) is 3. The number of para-hydroxylation sites is 4. The van der Waals surface area contributed by atoms with Gasteiger partial charge in [-0.2, -0.15) is 0 Å². The highest BCUT2D eigenvalue weighted by Crippen LogP contribution is 2.27. The summed E-state index contributed by atoms with van der Waals surface area (Å²) in [6, 6.07) is 14.3. The van der Waals surface area contributed by atoms with Gasteiger partial charge in [0.2, 0.25) is 0 Å². The van der Waals surface area contributed by atoms with Crippen molar-refractivity contribution in [3.05, 3.63) is 48.5 Å². The molecule has 2 N–H and O–H groups in total. The zero-order valence-electron chi connectivity index (χ0n) is 13.6. The zero-order chi connectivity index (χ0) is 16.7. The molecule has 0 saturated heterocycles. The molecule has 0 aliphatic rings. The number of nitrogens with one attached hydrogen (secondary N) is 2. The van der Waals surface area contributed by atoms with Crippen LogP contribution in [0.3, 0.4) is 0 Å². The lowest BCUT2D eigenvalue weighted by molar-refractivity contribution is 0.243. The Hall–Kier alpha value is -2.69. The highest BCUT2D eigenvalue weighted by molar-refractivity contribution is 6.01. The van der Waals surface area contributed by atoms with E-state index in [9.17, 15) is 4.79 Å². The van der Waals surface area contributed by atoms with E-state index in [0.717, 1.165) is 0 Å². The summed E-state index contributed by atoms with van der Waals surface area (Å²) in [5.41, 5.74) is 1.24. The largest absolute Gasteiger partial charge is 0.492 e. The van der Waals surface area contributed by atoms with Gasteiger partial charge in [-0.15, -0.1) is 0 Å². The number of ether oxygens (including phenoxy) is 2. The summed E-state index contributed by atoms with van der Waals surface area (Å²) in [5, 5.41) is 5.60. The van der Waals surface area contributed by atoms with E-state index in [2.05, 4.69) is 10.6 Å². The minimum Gasteiger partial charge on any atom is -0.492 e. The molecule has 0 atom stereocenters. The van der Waals surface area contributed by atoms with E-state index in [4.69, 9.17) is 9.47 Å². The molecule has 122 valence electrons. The second kappa shape index (κ2) is 8.08. The average Bonchev–Trinajstić information content (AvgIpc) is 2.51. The van der Waals surface area contributed by atoms with Gasteiger partial charge in [-0.3, -0.25) is 0 Å². The van der Waals surface area contributed by atoms with Crippen LogP contribution in [0.2, 0.25) is 0 Å². The molecule has 0 unspecified atom stereocenters. The van der Waals surface area contributed by atoms with Crippen molar-refractivity contribution in [3.8, 4) is 11.5 Å². The second-order valence-corrected chi connectivity index (χ2v) is 5.17. The molecule has 5 nitrogen and oxygen atoms in total. The van der Waals surface area contributed by atoms with Gasteiger partial charge in [-0.05, 0) is 45.0 Å². The Labute approximate surface area is 136 Å². The smallest absolute Gasteiger partial charge is 0.323 e. The van der Waals surface area contributed by atoms with Gasteiger partial charge in [0.15, 0.2) is 0 Å². The fourth-order valence-corrected chi connectivity index (χ4v) is 2.05. The molecular formula is C18H22N2O3. The Kier molecular flexibility index (Phi) is 5.86. The normalized spacial score (nSPS) is 10.3. The molecule has 0 aromatic heterocycles. The summed E-state index contributed by atoms with van der Waals surface area (Å²) in [6.07, 6.45) is 0.0275. The molecule has 0 aliphatic carbocycles. The fourth-order valence-electron chi connectivity index (χ4n) is 2.05. The molecule has 0 spiro atoms. The minimum atomic E-state index is -0.350.